The molecule has 0 spiro atoms. The molecule has 7 heteroatoms. The van der Waals surface area contributed by atoms with E-state index < -0.39 is 29.1 Å². The van der Waals surface area contributed by atoms with Crippen molar-refractivity contribution in [3.05, 3.63) is 65.0 Å². The minimum absolute atomic E-state index is 0.0457. The topological polar surface area (TPSA) is 22.4 Å². The predicted molar refractivity (Wildman–Crippen MR) is 155 cm³/mol. The maximum atomic E-state index is 15.6. The molecule has 0 aliphatic heterocycles. The molecule has 0 radical (unpaired) electrons. The molecule has 4 aromatic rings. The van der Waals surface area contributed by atoms with Crippen LogP contribution in [0.15, 0.2) is 34.7 Å². The standard InChI is InChI=1S/C35H37F5O2/c1-3-15-41-28-14-13-23(32(37)34(28)39)25-18-29-26(16-27(25)36)31-30(42-29)17-24(33(38)35(31)40)22-11-9-21(10-12-22)20-7-5-19(4-2)6-8-20/h13-14,16-22H,3-12,15H2,1-2H3. The zero-order valence-corrected chi connectivity index (χ0v) is 24.2. The van der Waals surface area contributed by atoms with Crippen molar-refractivity contribution >= 4 is 21.9 Å². The summed E-state index contributed by atoms with van der Waals surface area (Å²) >= 11 is 0. The zero-order valence-electron chi connectivity index (χ0n) is 24.2. The number of rotatable bonds is 7. The minimum atomic E-state index is -1.26. The van der Waals surface area contributed by atoms with Gasteiger partial charge in [0.05, 0.1) is 12.0 Å². The Morgan fingerprint density at radius 3 is 2.07 bits per heavy atom. The van der Waals surface area contributed by atoms with E-state index in [0.717, 1.165) is 43.6 Å². The fourth-order valence-electron chi connectivity index (χ4n) is 7.44. The molecule has 0 saturated heterocycles. The van der Waals surface area contributed by atoms with Crippen molar-refractivity contribution in [1.29, 1.82) is 0 Å². The van der Waals surface area contributed by atoms with Gasteiger partial charge >= 0.3 is 0 Å². The Morgan fingerprint density at radius 1 is 0.714 bits per heavy atom. The molecule has 0 atom stereocenters. The van der Waals surface area contributed by atoms with Crippen LogP contribution < -0.4 is 4.74 Å². The van der Waals surface area contributed by atoms with Crippen LogP contribution in [0.4, 0.5) is 22.0 Å². The number of benzene rings is 3. The van der Waals surface area contributed by atoms with Crippen LogP contribution in [-0.2, 0) is 0 Å². The highest BCUT2D eigenvalue weighted by Crippen LogP contribution is 2.46. The van der Waals surface area contributed by atoms with Crippen LogP contribution >= 0.6 is 0 Å². The van der Waals surface area contributed by atoms with Crippen LogP contribution in [0.25, 0.3) is 33.1 Å². The summed E-state index contributed by atoms with van der Waals surface area (Å²) in [7, 11) is 0. The lowest BCUT2D eigenvalue weighted by molar-refractivity contribution is 0.158. The van der Waals surface area contributed by atoms with E-state index in [0.29, 0.717) is 17.9 Å². The SMILES string of the molecule is CCCOc1ccc(-c2cc3oc4cc(C5CCC(C6CCC(CC)CC6)CC5)c(F)c(F)c4c3cc2F)c(F)c1F. The molecule has 2 aliphatic rings. The van der Waals surface area contributed by atoms with Crippen LogP contribution in [0.3, 0.4) is 0 Å². The largest absolute Gasteiger partial charge is 0.490 e. The fourth-order valence-corrected chi connectivity index (χ4v) is 7.44. The Hall–Kier alpha value is -3.09. The average Bonchev–Trinajstić information content (AvgIpc) is 3.36. The molecule has 2 saturated carbocycles. The predicted octanol–water partition coefficient (Wildman–Crippen LogP) is 11.2. The second-order valence-electron chi connectivity index (χ2n) is 12.3. The fraction of sp³-hybridized carbons (Fsp3) is 0.486. The maximum absolute atomic E-state index is 15.6. The van der Waals surface area contributed by atoms with E-state index in [4.69, 9.17) is 9.15 Å². The summed E-state index contributed by atoms with van der Waals surface area (Å²) in [5.74, 6) is -3.51. The van der Waals surface area contributed by atoms with Crippen LogP contribution in [-0.4, -0.2) is 6.61 Å². The summed E-state index contributed by atoms with van der Waals surface area (Å²) in [4.78, 5) is 0. The average molecular weight is 585 g/mol. The van der Waals surface area contributed by atoms with Gasteiger partial charge < -0.3 is 9.15 Å². The number of fused-ring (bicyclic) bond motifs is 3. The molecule has 2 aliphatic carbocycles. The molecular weight excluding hydrogens is 547 g/mol. The Labute approximate surface area is 243 Å². The van der Waals surface area contributed by atoms with Crippen molar-refractivity contribution in [2.75, 3.05) is 6.61 Å². The van der Waals surface area contributed by atoms with Crippen LogP contribution in [0.2, 0.25) is 0 Å². The third kappa shape index (κ3) is 5.17. The molecule has 2 nitrogen and oxygen atoms in total. The lowest BCUT2D eigenvalue weighted by Crippen LogP contribution is -2.25. The van der Waals surface area contributed by atoms with Gasteiger partial charge in [-0.25, -0.2) is 17.6 Å². The number of halogens is 5. The summed E-state index contributed by atoms with van der Waals surface area (Å²) in [5, 5.41) is -0.0996. The first-order chi connectivity index (χ1) is 20.3. The third-order valence-corrected chi connectivity index (χ3v) is 9.90. The molecule has 6 rings (SSSR count). The van der Waals surface area contributed by atoms with E-state index in [1.807, 2.05) is 6.92 Å². The van der Waals surface area contributed by atoms with E-state index in [2.05, 4.69) is 6.92 Å². The Balaban J connectivity index is 1.29. The number of furan rings is 1. The van der Waals surface area contributed by atoms with Gasteiger partial charge in [-0.05, 0) is 105 Å². The summed E-state index contributed by atoms with van der Waals surface area (Å²) < 4.78 is 87.1. The van der Waals surface area contributed by atoms with Gasteiger partial charge in [0.1, 0.15) is 17.0 Å². The molecule has 224 valence electrons. The number of ether oxygens (including phenoxy) is 1. The Morgan fingerprint density at radius 2 is 1.40 bits per heavy atom. The number of hydrogen-bond donors (Lipinski definition) is 0. The second-order valence-corrected chi connectivity index (χ2v) is 12.3. The molecular formula is C35H37F5O2. The van der Waals surface area contributed by atoms with Crippen molar-refractivity contribution in [3.8, 4) is 16.9 Å². The van der Waals surface area contributed by atoms with Gasteiger partial charge in [0, 0.05) is 16.5 Å². The van der Waals surface area contributed by atoms with Gasteiger partial charge in [0.2, 0.25) is 5.82 Å². The van der Waals surface area contributed by atoms with Crippen molar-refractivity contribution in [3.63, 3.8) is 0 Å². The second kappa shape index (κ2) is 11.9. The Kier molecular flexibility index (Phi) is 8.21. The molecule has 0 unspecified atom stereocenters. The number of hydrogen-bond acceptors (Lipinski definition) is 2. The molecule has 0 amide bonds. The van der Waals surface area contributed by atoms with Gasteiger partial charge in [-0.15, -0.1) is 0 Å². The van der Waals surface area contributed by atoms with E-state index in [-0.39, 0.29) is 51.3 Å². The van der Waals surface area contributed by atoms with Crippen molar-refractivity contribution < 1.29 is 31.1 Å². The smallest absolute Gasteiger partial charge is 0.201 e. The highest BCUT2D eigenvalue weighted by atomic mass is 19.2. The summed E-state index contributed by atoms with van der Waals surface area (Å²) in [6.45, 7) is 4.31. The molecule has 2 fully saturated rings. The normalized spacial score (nSPS) is 23.1. The quantitative estimate of drug-likeness (QED) is 0.202. The van der Waals surface area contributed by atoms with Crippen molar-refractivity contribution in [2.45, 2.75) is 84.0 Å². The third-order valence-electron chi connectivity index (χ3n) is 9.90. The van der Waals surface area contributed by atoms with Gasteiger partial charge in [-0.1, -0.05) is 33.1 Å². The van der Waals surface area contributed by atoms with E-state index in [1.54, 1.807) is 6.07 Å². The van der Waals surface area contributed by atoms with Crippen LogP contribution in [0.1, 0.15) is 89.5 Å². The van der Waals surface area contributed by atoms with Crippen molar-refractivity contribution in [1.82, 2.24) is 0 Å². The molecule has 3 aromatic carbocycles. The van der Waals surface area contributed by atoms with E-state index in [1.165, 1.54) is 50.3 Å². The lowest BCUT2D eigenvalue weighted by Gasteiger charge is -2.38. The van der Waals surface area contributed by atoms with Crippen LogP contribution in [0, 0.1) is 46.8 Å². The summed E-state index contributed by atoms with van der Waals surface area (Å²) in [6, 6.07) is 6.24. The van der Waals surface area contributed by atoms with E-state index in [9.17, 15) is 8.78 Å². The van der Waals surface area contributed by atoms with Gasteiger partial charge in [0.15, 0.2) is 23.2 Å². The molecule has 0 bridgehead atoms. The lowest BCUT2D eigenvalue weighted by atomic mass is 9.68. The van der Waals surface area contributed by atoms with Gasteiger partial charge in [-0.3, -0.25) is 0 Å². The van der Waals surface area contributed by atoms with Gasteiger partial charge in [0.25, 0.3) is 0 Å². The summed E-state index contributed by atoms with van der Waals surface area (Å²) in [6.07, 6.45) is 10.6. The first-order valence-electron chi connectivity index (χ1n) is 15.4. The van der Waals surface area contributed by atoms with Crippen molar-refractivity contribution in [2.24, 2.45) is 17.8 Å². The van der Waals surface area contributed by atoms with Crippen LogP contribution in [0.5, 0.6) is 5.75 Å². The highest BCUT2D eigenvalue weighted by molar-refractivity contribution is 6.06. The summed E-state index contributed by atoms with van der Waals surface area (Å²) in [5.41, 5.74) is -0.0839. The molecule has 0 N–H and O–H groups in total. The first kappa shape index (κ1) is 29.0. The highest BCUT2D eigenvalue weighted by Gasteiger charge is 2.33. The molecule has 42 heavy (non-hydrogen) atoms. The van der Waals surface area contributed by atoms with Gasteiger partial charge in [-0.2, -0.15) is 4.39 Å². The monoisotopic (exact) mass is 584 g/mol. The molecule has 1 aromatic heterocycles. The Bertz CT molecular complexity index is 1590. The first-order valence-corrected chi connectivity index (χ1v) is 15.4. The molecule has 1 heterocycles. The maximum Gasteiger partial charge on any atom is 0.201 e. The van der Waals surface area contributed by atoms with E-state index >= 15 is 13.2 Å². The minimum Gasteiger partial charge on any atom is -0.490 e. The zero-order chi connectivity index (χ0) is 29.5.